The molecule has 1 heterocycles. The first-order chi connectivity index (χ1) is 11.9. The normalized spacial score (nSPS) is 17.1. The van der Waals surface area contributed by atoms with Crippen LogP contribution in [0.4, 0.5) is 0 Å². The molecule has 1 fully saturated rings. The fourth-order valence-electron chi connectivity index (χ4n) is 2.68. The number of esters is 1. The van der Waals surface area contributed by atoms with Crippen LogP contribution in [-0.2, 0) is 14.3 Å². The number of piperidine rings is 1. The summed E-state index contributed by atoms with van der Waals surface area (Å²) in [5.41, 5.74) is 0.363. The number of ether oxygens (including phenoxy) is 3. The van der Waals surface area contributed by atoms with Gasteiger partial charge < -0.3 is 19.1 Å². The van der Waals surface area contributed by atoms with Crippen LogP contribution in [0.3, 0.4) is 0 Å². The minimum atomic E-state index is -0.905. The lowest BCUT2D eigenvalue weighted by atomic mass is 10.1. The second kappa shape index (κ2) is 9.17. The first kappa shape index (κ1) is 19.7. The Morgan fingerprint density at radius 3 is 2.60 bits per heavy atom. The molecular formula is C18H24ClNO5. The summed E-state index contributed by atoms with van der Waals surface area (Å²) in [7, 11) is 3.56. The van der Waals surface area contributed by atoms with Gasteiger partial charge in [-0.1, -0.05) is 11.6 Å². The van der Waals surface area contributed by atoms with Crippen molar-refractivity contribution in [3.63, 3.8) is 0 Å². The number of rotatable bonds is 7. The summed E-state index contributed by atoms with van der Waals surface area (Å²) in [5, 5.41) is 0.331. The average Bonchev–Trinajstić information content (AvgIpc) is 2.60. The van der Waals surface area contributed by atoms with E-state index in [0.717, 1.165) is 25.9 Å². The zero-order chi connectivity index (χ0) is 18.4. The van der Waals surface area contributed by atoms with Gasteiger partial charge in [0.05, 0.1) is 18.2 Å². The number of likely N-dealkylation sites (tertiary alicyclic amines) is 1. The Labute approximate surface area is 153 Å². The maximum Gasteiger partial charge on any atom is 0.332 e. The topological polar surface area (TPSA) is 65.1 Å². The van der Waals surface area contributed by atoms with Crippen molar-refractivity contribution in [1.29, 1.82) is 0 Å². The van der Waals surface area contributed by atoms with Crippen molar-refractivity contribution in [1.82, 2.24) is 4.90 Å². The number of benzene rings is 1. The van der Waals surface area contributed by atoms with Gasteiger partial charge in [-0.2, -0.15) is 0 Å². The van der Waals surface area contributed by atoms with Gasteiger partial charge in [0.15, 0.2) is 6.10 Å². The third kappa shape index (κ3) is 5.70. The Kier molecular flexibility index (Phi) is 7.23. The van der Waals surface area contributed by atoms with Gasteiger partial charge in [0.1, 0.15) is 12.4 Å². The number of hydrogen-bond acceptors (Lipinski definition) is 6. The number of methoxy groups -OCH3 is 1. The van der Waals surface area contributed by atoms with Crippen molar-refractivity contribution in [2.75, 3.05) is 33.9 Å². The predicted octanol–water partition coefficient (Wildman–Crippen LogP) is 2.57. The summed E-state index contributed by atoms with van der Waals surface area (Å²) in [6.07, 6.45) is 0.943. The van der Waals surface area contributed by atoms with Crippen LogP contribution in [0.5, 0.6) is 5.75 Å². The highest BCUT2D eigenvalue weighted by Crippen LogP contribution is 2.25. The van der Waals surface area contributed by atoms with Crippen molar-refractivity contribution < 1.29 is 23.8 Å². The van der Waals surface area contributed by atoms with Gasteiger partial charge in [-0.25, -0.2) is 4.79 Å². The van der Waals surface area contributed by atoms with Gasteiger partial charge in [-0.05, 0) is 45.0 Å². The minimum Gasteiger partial charge on any atom is -0.495 e. The van der Waals surface area contributed by atoms with Crippen molar-refractivity contribution in [3.8, 4) is 5.75 Å². The van der Waals surface area contributed by atoms with Gasteiger partial charge in [0, 0.05) is 18.7 Å². The minimum absolute atomic E-state index is 0.0650. The third-order valence-electron chi connectivity index (χ3n) is 4.22. The van der Waals surface area contributed by atoms with E-state index in [2.05, 4.69) is 11.9 Å². The predicted molar refractivity (Wildman–Crippen MR) is 94.4 cm³/mol. The van der Waals surface area contributed by atoms with E-state index in [1.54, 1.807) is 12.1 Å². The maximum absolute atomic E-state index is 12.4. The van der Waals surface area contributed by atoms with E-state index in [4.69, 9.17) is 25.8 Å². The zero-order valence-electron chi connectivity index (χ0n) is 14.8. The van der Waals surface area contributed by atoms with E-state index >= 15 is 0 Å². The Morgan fingerprint density at radius 1 is 1.32 bits per heavy atom. The molecular weight excluding hydrogens is 346 g/mol. The third-order valence-corrected chi connectivity index (χ3v) is 4.51. The summed E-state index contributed by atoms with van der Waals surface area (Å²) < 4.78 is 15.8. The quantitative estimate of drug-likeness (QED) is 0.543. The standard InChI is InChI=1S/C18H24ClNO5/c1-12(18(22)13-4-5-16(23-3)15(19)10-13)25-17(21)11-24-14-6-8-20(2)9-7-14/h4-5,10,12,14H,6-9,11H2,1-3H3. The summed E-state index contributed by atoms with van der Waals surface area (Å²) in [4.78, 5) is 26.5. The second-order valence-corrected chi connectivity index (χ2v) is 6.57. The van der Waals surface area contributed by atoms with Crippen LogP contribution in [0.2, 0.25) is 5.02 Å². The van der Waals surface area contributed by atoms with Crippen LogP contribution in [0.15, 0.2) is 18.2 Å². The molecule has 0 aromatic heterocycles. The molecule has 0 aliphatic carbocycles. The Balaban J connectivity index is 1.81. The number of nitrogens with zero attached hydrogens (tertiary/aromatic N) is 1. The molecule has 0 N–H and O–H groups in total. The monoisotopic (exact) mass is 369 g/mol. The van der Waals surface area contributed by atoms with Crippen LogP contribution in [0.25, 0.3) is 0 Å². The number of ketones is 1. The van der Waals surface area contributed by atoms with Gasteiger partial charge in [-0.3, -0.25) is 4.79 Å². The number of halogens is 1. The summed E-state index contributed by atoms with van der Waals surface area (Å²) >= 11 is 6.02. The lowest BCUT2D eigenvalue weighted by Crippen LogP contribution is -2.35. The molecule has 0 amide bonds. The largest absolute Gasteiger partial charge is 0.495 e. The molecule has 1 aliphatic rings. The smallest absolute Gasteiger partial charge is 0.332 e. The molecule has 1 saturated heterocycles. The van der Waals surface area contributed by atoms with E-state index < -0.39 is 12.1 Å². The van der Waals surface area contributed by atoms with E-state index in [1.165, 1.54) is 20.1 Å². The zero-order valence-corrected chi connectivity index (χ0v) is 15.5. The Morgan fingerprint density at radius 2 is 2.00 bits per heavy atom. The molecule has 0 saturated carbocycles. The van der Waals surface area contributed by atoms with E-state index in [9.17, 15) is 9.59 Å². The molecule has 6 nitrogen and oxygen atoms in total. The van der Waals surface area contributed by atoms with Gasteiger partial charge in [-0.15, -0.1) is 0 Å². The van der Waals surface area contributed by atoms with Crippen molar-refractivity contribution in [2.24, 2.45) is 0 Å². The molecule has 2 rings (SSSR count). The SMILES string of the molecule is COc1ccc(C(=O)C(C)OC(=O)COC2CCN(C)CC2)cc1Cl. The molecule has 0 spiro atoms. The molecule has 1 aliphatic heterocycles. The van der Waals surface area contributed by atoms with Crippen LogP contribution >= 0.6 is 11.6 Å². The van der Waals surface area contributed by atoms with Crippen molar-refractivity contribution in [2.45, 2.75) is 32.0 Å². The fraction of sp³-hybridized carbons (Fsp3) is 0.556. The molecule has 1 unspecified atom stereocenters. The number of hydrogen-bond donors (Lipinski definition) is 0. The first-order valence-electron chi connectivity index (χ1n) is 8.28. The highest BCUT2D eigenvalue weighted by molar-refractivity contribution is 6.32. The van der Waals surface area contributed by atoms with E-state index in [-0.39, 0.29) is 18.5 Å². The number of carbonyl (C=O) groups is 2. The molecule has 0 bridgehead atoms. The molecule has 138 valence electrons. The second-order valence-electron chi connectivity index (χ2n) is 6.16. The fourth-order valence-corrected chi connectivity index (χ4v) is 2.93. The molecule has 0 radical (unpaired) electrons. The molecule has 1 aromatic rings. The first-order valence-corrected chi connectivity index (χ1v) is 8.66. The van der Waals surface area contributed by atoms with Crippen molar-refractivity contribution in [3.05, 3.63) is 28.8 Å². The van der Waals surface area contributed by atoms with Crippen LogP contribution in [-0.4, -0.2) is 62.7 Å². The van der Waals surface area contributed by atoms with Gasteiger partial charge in [0.25, 0.3) is 0 Å². The lowest BCUT2D eigenvalue weighted by molar-refractivity contribution is -0.154. The van der Waals surface area contributed by atoms with Crippen LogP contribution < -0.4 is 4.74 Å². The highest BCUT2D eigenvalue weighted by Gasteiger charge is 2.22. The van der Waals surface area contributed by atoms with Crippen molar-refractivity contribution >= 4 is 23.4 Å². The molecule has 1 atom stereocenters. The average molecular weight is 370 g/mol. The van der Waals surface area contributed by atoms with E-state index in [0.29, 0.717) is 16.3 Å². The number of Topliss-reactive ketones (excluding diaryl/α,β-unsaturated/α-hetero) is 1. The Hall–Kier alpha value is -1.63. The molecule has 25 heavy (non-hydrogen) atoms. The number of carbonyl (C=O) groups excluding carboxylic acids is 2. The van der Waals surface area contributed by atoms with Gasteiger partial charge in [0.2, 0.25) is 5.78 Å². The molecule has 1 aromatic carbocycles. The van der Waals surface area contributed by atoms with E-state index in [1.807, 2.05) is 0 Å². The Bertz CT molecular complexity index is 613. The summed E-state index contributed by atoms with van der Waals surface area (Å²) in [6.45, 7) is 3.29. The summed E-state index contributed by atoms with van der Waals surface area (Å²) in [6, 6.07) is 4.70. The lowest BCUT2D eigenvalue weighted by Gasteiger charge is -2.28. The maximum atomic E-state index is 12.4. The molecule has 7 heteroatoms. The van der Waals surface area contributed by atoms with Crippen LogP contribution in [0, 0.1) is 0 Å². The highest BCUT2D eigenvalue weighted by atomic mass is 35.5. The van der Waals surface area contributed by atoms with Gasteiger partial charge >= 0.3 is 5.97 Å². The van der Waals surface area contributed by atoms with Crippen LogP contribution in [0.1, 0.15) is 30.1 Å². The summed E-state index contributed by atoms with van der Waals surface area (Å²) in [5.74, 6) is -0.383.